The minimum Gasteiger partial charge on any atom is -0.483 e. The van der Waals surface area contributed by atoms with Crippen molar-refractivity contribution in [3.63, 3.8) is 0 Å². The Balaban J connectivity index is 1.54. The van der Waals surface area contributed by atoms with Crippen LogP contribution in [-0.2, 0) is 16.0 Å². The van der Waals surface area contributed by atoms with E-state index in [1.54, 1.807) is 24.3 Å². The van der Waals surface area contributed by atoms with Gasteiger partial charge in [0.1, 0.15) is 5.75 Å². The summed E-state index contributed by atoms with van der Waals surface area (Å²) >= 11 is 0. The molecule has 0 heterocycles. The number of para-hydroxylation sites is 1. The van der Waals surface area contributed by atoms with E-state index in [0.29, 0.717) is 23.4 Å². The lowest BCUT2D eigenvalue weighted by Gasteiger charge is -2.12. The Kier molecular flexibility index (Phi) is 7.37. The van der Waals surface area contributed by atoms with Crippen LogP contribution in [0.4, 0.5) is 5.69 Å². The van der Waals surface area contributed by atoms with Crippen molar-refractivity contribution in [3.8, 4) is 5.75 Å². The second-order valence-corrected chi connectivity index (χ2v) is 6.83. The van der Waals surface area contributed by atoms with Gasteiger partial charge in [0, 0.05) is 17.7 Å². The molecule has 0 unspecified atom stereocenters. The third kappa shape index (κ3) is 6.71. The zero-order valence-corrected chi connectivity index (χ0v) is 16.8. The van der Waals surface area contributed by atoms with Crippen LogP contribution >= 0.6 is 0 Å². The summed E-state index contributed by atoms with van der Waals surface area (Å²) in [6.45, 7) is -0.382. The van der Waals surface area contributed by atoms with Gasteiger partial charge in [0.15, 0.2) is 6.61 Å². The molecule has 0 radical (unpaired) electrons. The van der Waals surface area contributed by atoms with Crippen LogP contribution in [0.2, 0.25) is 0 Å². The lowest BCUT2D eigenvalue weighted by Crippen LogP contribution is -2.33. The average molecular weight is 417 g/mol. The predicted molar refractivity (Wildman–Crippen MR) is 118 cm³/mol. The molecule has 0 aliphatic carbocycles. The maximum absolute atomic E-state index is 12.3. The molecule has 158 valence electrons. The second kappa shape index (κ2) is 10.6. The molecule has 31 heavy (non-hydrogen) atoms. The summed E-state index contributed by atoms with van der Waals surface area (Å²) in [5.41, 5.74) is 8.03. The van der Waals surface area contributed by atoms with E-state index in [1.807, 2.05) is 54.6 Å². The summed E-state index contributed by atoms with van der Waals surface area (Å²) < 4.78 is 5.74. The van der Waals surface area contributed by atoms with Gasteiger partial charge in [-0.2, -0.15) is 0 Å². The SMILES string of the molecule is NC(=O)CNC(=O)c1ccc(NC(=O)COc2ccccc2Cc2ccccc2)cc1. The molecule has 3 aromatic rings. The highest BCUT2D eigenvalue weighted by molar-refractivity contribution is 5.97. The highest BCUT2D eigenvalue weighted by Gasteiger charge is 2.10. The average Bonchev–Trinajstić information content (AvgIpc) is 2.78. The number of anilines is 1. The molecule has 4 N–H and O–H groups in total. The molecule has 3 amide bonds. The molecule has 0 saturated heterocycles. The highest BCUT2D eigenvalue weighted by atomic mass is 16.5. The second-order valence-electron chi connectivity index (χ2n) is 6.83. The van der Waals surface area contributed by atoms with Crippen molar-refractivity contribution >= 4 is 23.4 Å². The molecule has 0 bridgehead atoms. The molecule has 3 rings (SSSR count). The molecule has 0 saturated carbocycles. The number of carbonyl (C=O) groups is 3. The fraction of sp³-hybridized carbons (Fsp3) is 0.125. The van der Waals surface area contributed by atoms with Crippen LogP contribution in [-0.4, -0.2) is 30.9 Å². The lowest BCUT2D eigenvalue weighted by atomic mass is 10.0. The third-order valence-corrected chi connectivity index (χ3v) is 4.42. The van der Waals surface area contributed by atoms with Crippen molar-refractivity contribution in [3.05, 3.63) is 95.6 Å². The summed E-state index contributed by atoms with van der Waals surface area (Å²) in [6.07, 6.45) is 0.706. The molecule has 7 nitrogen and oxygen atoms in total. The Hall–Kier alpha value is -4.13. The monoisotopic (exact) mass is 417 g/mol. The molecule has 0 aromatic heterocycles. The Morgan fingerprint density at radius 1 is 0.839 bits per heavy atom. The van der Waals surface area contributed by atoms with Gasteiger partial charge in [-0.05, 0) is 41.5 Å². The van der Waals surface area contributed by atoms with Gasteiger partial charge in [0.25, 0.3) is 11.8 Å². The molecule has 0 aliphatic heterocycles. The number of nitrogens with two attached hydrogens (primary N) is 1. The summed E-state index contributed by atoms with van der Waals surface area (Å²) in [4.78, 5) is 34.9. The van der Waals surface area contributed by atoms with E-state index in [0.717, 1.165) is 11.1 Å². The van der Waals surface area contributed by atoms with E-state index < -0.39 is 11.8 Å². The fourth-order valence-corrected chi connectivity index (χ4v) is 2.92. The topological polar surface area (TPSA) is 111 Å². The first kappa shape index (κ1) is 21.6. The number of hydrogen-bond donors (Lipinski definition) is 3. The maximum Gasteiger partial charge on any atom is 0.262 e. The quantitative estimate of drug-likeness (QED) is 0.497. The van der Waals surface area contributed by atoms with Crippen molar-refractivity contribution < 1.29 is 19.1 Å². The van der Waals surface area contributed by atoms with Gasteiger partial charge in [-0.3, -0.25) is 14.4 Å². The van der Waals surface area contributed by atoms with Gasteiger partial charge in [0.2, 0.25) is 5.91 Å². The number of primary amides is 1. The number of carbonyl (C=O) groups excluding carboxylic acids is 3. The van der Waals surface area contributed by atoms with Crippen molar-refractivity contribution in [2.75, 3.05) is 18.5 Å². The fourth-order valence-electron chi connectivity index (χ4n) is 2.92. The predicted octanol–water partition coefficient (Wildman–Crippen LogP) is 2.51. The number of amides is 3. The van der Waals surface area contributed by atoms with Crippen LogP contribution in [0.1, 0.15) is 21.5 Å². The Labute approximate surface area is 180 Å². The van der Waals surface area contributed by atoms with Crippen LogP contribution in [0.3, 0.4) is 0 Å². The van der Waals surface area contributed by atoms with E-state index >= 15 is 0 Å². The zero-order valence-electron chi connectivity index (χ0n) is 16.8. The third-order valence-electron chi connectivity index (χ3n) is 4.42. The molecular weight excluding hydrogens is 394 g/mol. The summed E-state index contributed by atoms with van der Waals surface area (Å²) in [6, 6.07) is 23.9. The van der Waals surface area contributed by atoms with Gasteiger partial charge < -0.3 is 21.1 Å². The number of ether oxygens (including phenoxy) is 1. The summed E-state index contributed by atoms with van der Waals surface area (Å²) in [5, 5.41) is 5.13. The van der Waals surface area contributed by atoms with Crippen LogP contribution in [0.15, 0.2) is 78.9 Å². The summed E-state index contributed by atoms with van der Waals surface area (Å²) in [7, 11) is 0. The molecule has 3 aromatic carbocycles. The van der Waals surface area contributed by atoms with E-state index in [4.69, 9.17) is 10.5 Å². The van der Waals surface area contributed by atoms with E-state index in [-0.39, 0.29) is 19.1 Å². The first-order valence-electron chi connectivity index (χ1n) is 9.72. The Morgan fingerprint density at radius 2 is 1.52 bits per heavy atom. The van der Waals surface area contributed by atoms with Crippen molar-refractivity contribution in [1.29, 1.82) is 0 Å². The smallest absolute Gasteiger partial charge is 0.262 e. The number of hydrogen-bond acceptors (Lipinski definition) is 4. The van der Waals surface area contributed by atoms with E-state index in [1.165, 1.54) is 0 Å². The Morgan fingerprint density at radius 3 is 2.23 bits per heavy atom. The van der Waals surface area contributed by atoms with Gasteiger partial charge in [-0.25, -0.2) is 0 Å². The van der Waals surface area contributed by atoms with Gasteiger partial charge in [-0.15, -0.1) is 0 Å². The first-order valence-corrected chi connectivity index (χ1v) is 9.72. The molecule has 7 heteroatoms. The lowest BCUT2D eigenvalue weighted by molar-refractivity contribution is -0.118. The molecule has 0 atom stereocenters. The minimum atomic E-state index is -0.623. The molecule has 0 spiro atoms. The molecule has 0 aliphatic rings. The number of nitrogens with one attached hydrogen (secondary N) is 2. The van der Waals surface area contributed by atoms with Gasteiger partial charge in [0.05, 0.1) is 6.54 Å². The largest absolute Gasteiger partial charge is 0.483 e. The zero-order chi connectivity index (χ0) is 22.1. The van der Waals surface area contributed by atoms with Crippen LogP contribution < -0.4 is 21.1 Å². The van der Waals surface area contributed by atoms with Crippen molar-refractivity contribution in [2.45, 2.75) is 6.42 Å². The van der Waals surface area contributed by atoms with Gasteiger partial charge in [-0.1, -0.05) is 48.5 Å². The normalized spacial score (nSPS) is 10.2. The van der Waals surface area contributed by atoms with Crippen LogP contribution in [0, 0.1) is 0 Å². The van der Waals surface area contributed by atoms with E-state index in [2.05, 4.69) is 10.6 Å². The van der Waals surface area contributed by atoms with E-state index in [9.17, 15) is 14.4 Å². The standard InChI is InChI=1S/C24H23N3O4/c25-22(28)15-26-24(30)18-10-12-20(13-11-18)27-23(29)16-31-21-9-5-4-8-19(21)14-17-6-2-1-3-7-17/h1-13H,14-16H2,(H2,25,28)(H,26,30)(H,27,29). The molecular formula is C24H23N3O4. The highest BCUT2D eigenvalue weighted by Crippen LogP contribution is 2.21. The van der Waals surface area contributed by atoms with Crippen molar-refractivity contribution in [2.24, 2.45) is 5.73 Å². The minimum absolute atomic E-state index is 0.146. The molecule has 0 fully saturated rings. The maximum atomic E-state index is 12.3. The van der Waals surface area contributed by atoms with Crippen LogP contribution in [0.5, 0.6) is 5.75 Å². The van der Waals surface area contributed by atoms with Crippen LogP contribution in [0.25, 0.3) is 0 Å². The number of rotatable bonds is 9. The van der Waals surface area contributed by atoms with Gasteiger partial charge >= 0.3 is 0 Å². The summed E-state index contributed by atoms with van der Waals surface area (Å²) in [5.74, 6) is -0.707. The first-order chi connectivity index (χ1) is 15.0. The Bertz CT molecular complexity index is 1050. The van der Waals surface area contributed by atoms with Crippen molar-refractivity contribution in [1.82, 2.24) is 5.32 Å². The number of benzene rings is 3.